The average Bonchev–Trinajstić information content (AvgIpc) is 3.53. The lowest BCUT2D eigenvalue weighted by molar-refractivity contribution is -0.171. The summed E-state index contributed by atoms with van der Waals surface area (Å²) in [5.41, 5.74) is -1.63. The third kappa shape index (κ3) is 3.02. The van der Waals surface area contributed by atoms with Gasteiger partial charge in [0, 0.05) is 18.3 Å². The van der Waals surface area contributed by atoms with Crippen molar-refractivity contribution < 1.29 is 30.0 Å². The van der Waals surface area contributed by atoms with E-state index in [0.717, 1.165) is 5.57 Å². The molecule has 6 heteroatoms. The fraction of sp³-hybridized carbons (Fsp3) is 0.821. The van der Waals surface area contributed by atoms with Gasteiger partial charge in [0.25, 0.3) is 0 Å². The molecule has 12 atom stereocenters. The van der Waals surface area contributed by atoms with Crippen LogP contribution in [-0.4, -0.2) is 62.3 Å². The Bertz CT molecular complexity index is 939. The minimum atomic E-state index is -1.53. The lowest BCUT2D eigenvalue weighted by atomic mass is 9.47. The molecule has 34 heavy (non-hydrogen) atoms. The molecule has 0 aromatic rings. The van der Waals surface area contributed by atoms with Crippen molar-refractivity contribution in [2.24, 2.45) is 40.4 Å². The van der Waals surface area contributed by atoms with Crippen LogP contribution in [0.1, 0.15) is 67.2 Å². The molecule has 1 unspecified atom stereocenters. The number of aliphatic hydroxyl groups excluding tert-OH is 3. The van der Waals surface area contributed by atoms with Crippen molar-refractivity contribution >= 4 is 5.78 Å². The van der Waals surface area contributed by atoms with Crippen molar-refractivity contribution in [3.05, 3.63) is 23.3 Å². The topological polar surface area (TPSA) is 111 Å². The highest BCUT2D eigenvalue weighted by Gasteiger charge is 2.74. The molecule has 3 saturated carbocycles. The van der Waals surface area contributed by atoms with Gasteiger partial charge in [-0.3, -0.25) is 4.79 Å². The van der Waals surface area contributed by atoms with Gasteiger partial charge in [-0.05, 0) is 54.9 Å². The van der Waals surface area contributed by atoms with E-state index in [1.807, 2.05) is 26.0 Å². The summed E-state index contributed by atoms with van der Waals surface area (Å²) in [6.07, 6.45) is 3.16. The molecule has 0 bridgehead atoms. The lowest BCUT2D eigenvalue weighted by Crippen LogP contribution is -2.66. The van der Waals surface area contributed by atoms with E-state index in [9.17, 15) is 25.2 Å². The predicted molar refractivity (Wildman–Crippen MR) is 128 cm³/mol. The average molecular weight is 475 g/mol. The molecular formula is C28H42O6. The first-order valence-corrected chi connectivity index (χ1v) is 13.2. The molecule has 5 rings (SSSR count). The van der Waals surface area contributed by atoms with Crippen LogP contribution in [-0.2, 0) is 9.53 Å². The summed E-state index contributed by atoms with van der Waals surface area (Å²) in [5, 5.41) is 45.4. The van der Waals surface area contributed by atoms with E-state index < -0.39 is 46.6 Å². The van der Waals surface area contributed by atoms with Gasteiger partial charge in [0.2, 0.25) is 0 Å². The van der Waals surface area contributed by atoms with Crippen LogP contribution in [0.2, 0.25) is 0 Å². The fourth-order valence-electron chi connectivity index (χ4n) is 8.37. The molecule has 0 aromatic carbocycles. The fourth-order valence-corrected chi connectivity index (χ4v) is 8.37. The molecule has 1 heterocycles. The number of hydrogen-bond acceptors (Lipinski definition) is 6. The maximum absolute atomic E-state index is 14.0. The molecule has 190 valence electrons. The molecule has 0 spiro atoms. The number of aliphatic hydroxyl groups is 4. The number of Topliss-reactive ketones (excluding diaryl/α,β-unsaturated/α-hetero) is 1. The first-order chi connectivity index (χ1) is 15.8. The first-order valence-electron chi connectivity index (χ1n) is 13.2. The van der Waals surface area contributed by atoms with E-state index in [1.165, 1.54) is 0 Å². The van der Waals surface area contributed by atoms with Crippen LogP contribution >= 0.6 is 0 Å². The van der Waals surface area contributed by atoms with Crippen molar-refractivity contribution in [1.82, 2.24) is 0 Å². The molecule has 0 radical (unpaired) electrons. The zero-order chi connectivity index (χ0) is 25.0. The quantitative estimate of drug-likeness (QED) is 0.467. The second kappa shape index (κ2) is 7.72. The molecule has 4 aliphatic carbocycles. The van der Waals surface area contributed by atoms with Crippen molar-refractivity contribution in [2.45, 2.75) is 103 Å². The minimum Gasteiger partial charge on any atom is -0.393 e. The van der Waals surface area contributed by atoms with E-state index in [1.54, 1.807) is 6.92 Å². The van der Waals surface area contributed by atoms with Gasteiger partial charge in [0.15, 0.2) is 5.78 Å². The summed E-state index contributed by atoms with van der Waals surface area (Å²) in [6, 6.07) is 0. The maximum atomic E-state index is 14.0. The number of rotatable bonds is 4. The summed E-state index contributed by atoms with van der Waals surface area (Å²) in [6.45, 7) is 12.3. The predicted octanol–water partition coefficient (Wildman–Crippen LogP) is 2.78. The summed E-state index contributed by atoms with van der Waals surface area (Å²) in [7, 11) is 0. The van der Waals surface area contributed by atoms with Crippen LogP contribution in [0.25, 0.3) is 0 Å². The normalized spacial score (nSPS) is 51.7. The van der Waals surface area contributed by atoms with E-state index in [0.29, 0.717) is 36.7 Å². The van der Waals surface area contributed by atoms with Crippen molar-refractivity contribution in [3.8, 4) is 0 Å². The molecule has 0 aromatic heterocycles. The van der Waals surface area contributed by atoms with Crippen LogP contribution in [0.3, 0.4) is 0 Å². The Morgan fingerprint density at radius 3 is 2.38 bits per heavy atom. The number of hydrogen-bond donors (Lipinski definition) is 4. The molecule has 1 saturated heterocycles. The molecule has 0 amide bonds. The Kier molecular flexibility index (Phi) is 5.60. The Labute approximate surface area is 203 Å². The number of carbonyl (C=O) groups excluding carboxylic acids is 1. The van der Waals surface area contributed by atoms with Crippen molar-refractivity contribution in [3.63, 3.8) is 0 Å². The highest BCUT2D eigenvalue weighted by Crippen LogP contribution is 2.67. The summed E-state index contributed by atoms with van der Waals surface area (Å²) in [4.78, 5) is 14.0. The Morgan fingerprint density at radius 1 is 1.06 bits per heavy atom. The van der Waals surface area contributed by atoms with Crippen LogP contribution in [0.5, 0.6) is 0 Å². The molecule has 4 N–H and O–H groups in total. The summed E-state index contributed by atoms with van der Waals surface area (Å²) >= 11 is 0. The van der Waals surface area contributed by atoms with E-state index in [-0.39, 0.29) is 30.3 Å². The van der Waals surface area contributed by atoms with Gasteiger partial charge in [-0.1, -0.05) is 52.3 Å². The number of carbonyl (C=O) groups is 1. The SMILES string of the molecule is CC(C)[C@@H](C)[C@@H]1O[C@@H]1[C@@H](C)[C@H]1[C@@H](O)C[C@]2(O)C3=CC=C4C[C@@H](O)CC[C@]4(C)C3[C@H](O)C(=O)[C@]12C. The smallest absolute Gasteiger partial charge is 0.171 e. The Hall–Kier alpha value is -1.05. The van der Waals surface area contributed by atoms with Crippen molar-refractivity contribution in [1.29, 1.82) is 0 Å². The number of fused-ring (bicyclic) bond motifs is 5. The van der Waals surface area contributed by atoms with E-state index in [4.69, 9.17) is 4.74 Å². The first kappa shape index (κ1) is 24.6. The third-order valence-corrected chi connectivity index (χ3v) is 10.9. The molecular weight excluding hydrogens is 432 g/mol. The molecule has 5 aliphatic rings. The van der Waals surface area contributed by atoms with Crippen LogP contribution in [0.15, 0.2) is 23.3 Å². The van der Waals surface area contributed by atoms with Crippen LogP contribution in [0.4, 0.5) is 0 Å². The van der Waals surface area contributed by atoms with Gasteiger partial charge in [0.05, 0.1) is 29.8 Å². The minimum absolute atomic E-state index is 0.0666. The maximum Gasteiger partial charge on any atom is 0.171 e. The van der Waals surface area contributed by atoms with Crippen molar-refractivity contribution in [2.75, 3.05) is 0 Å². The monoisotopic (exact) mass is 474 g/mol. The lowest BCUT2D eigenvalue weighted by Gasteiger charge is -2.58. The van der Waals surface area contributed by atoms with E-state index in [2.05, 4.69) is 20.8 Å². The second-order valence-electron chi connectivity index (χ2n) is 12.8. The van der Waals surface area contributed by atoms with Crippen LogP contribution < -0.4 is 0 Å². The highest BCUT2D eigenvalue weighted by atomic mass is 16.6. The molecule has 4 fully saturated rings. The number of ether oxygens (including phenoxy) is 1. The van der Waals surface area contributed by atoms with Gasteiger partial charge in [-0.15, -0.1) is 0 Å². The van der Waals surface area contributed by atoms with Crippen LogP contribution in [0, 0.1) is 40.4 Å². The Morgan fingerprint density at radius 2 is 1.74 bits per heavy atom. The second-order valence-corrected chi connectivity index (χ2v) is 12.8. The number of ketones is 1. The van der Waals surface area contributed by atoms with Gasteiger partial charge in [0.1, 0.15) is 11.7 Å². The zero-order valence-corrected chi connectivity index (χ0v) is 21.4. The van der Waals surface area contributed by atoms with Gasteiger partial charge < -0.3 is 25.2 Å². The zero-order valence-electron chi connectivity index (χ0n) is 21.4. The number of allylic oxidation sites excluding steroid dienone is 2. The summed E-state index contributed by atoms with van der Waals surface area (Å²) < 4.78 is 6.07. The largest absolute Gasteiger partial charge is 0.393 e. The Balaban J connectivity index is 1.54. The third-order valence-electron chi connectivity index (χ3n) is 10.9. The highest BCUT2D eigenvalue weighted by molar-refractivity contribution is 5.94. The van der Waals surface area contributed by atoms with Gasteiger partial charge in [-0.25, -0.2) is 0 Å². The molecule has 6 nitrogen and oxygen atoms in total. The van der Waals surface area contributed by atoms with Gasteiger partial charge in [-0.2, -0.15) is 0 Å². The number of epoxide rings is 1. The standard InChI is InChI=1S/C28H42O6/c1-13(2)14(3)23-24(34-23)15(4)20-19(30)12-28(33)18-8-7-16-11-17(29)9-10-26(16,5)21(18)22(31)25(32)27(20,28)6/h7-8,13-15,17,19-24,29-31,33H,9-12H2,1-6H3/t14-,15+,17+,19+,20+,21?,22+,23+,24-,26+,27+,28+/m1/s1. The van der Waals surface area contributed by atoms with Gasteiger partial charge >= 0.3 is 0 Å². The summed E-state index contributed by atoms with van der Waals surface area (Å²) in [5.74, 6) is -0.733. The molecule has 1 aliphatic heterocycles. The van der Waals surface area contributed by atoms with E-state index >= 15 is 0 Å².